The van der Waals surface area contributed by atoms with Crippen LogP contribution in [0.25, 0.3) is 0 Å². The first-order chi connectivity index (χ1) is 33.1. The average molecular weight is 956 g/mol. The summed E-state index contributed by atoms with van der Waals surface area (Å²) in [5.74, 6) is -1.47. The number of carbonyl (C=O) groups is 3. The highest BCUT2D eigenvalue weighted by Gasteiger charge is 2.31. The number of unbranched alkanes of at least 4 members (excludes halogenated alkanes) is 27. The molecule has 0 aliphatic carbocycles. The number of rotatable bonds is 51. The minimum Gasteiger partial charge on any atom is -0.477 e. The summed E-state index contributed by atoms with van der Waals surface area (Å²) in [7, 11) is 5.54. The predicted octanol–water partition coefficient (Wildman–Crippen LogP) is 16.9. The first kappa shape index (κ1) is 65.0. The highest BCUT2D eigenvalue weighted by molar-refractivity contribution is 5.72. The lowest BCUT2D eigenvalue weighted by Gasteiger charge is -2.31. The number of carboxylic acid groups (broad SMARTS) is 1. The maximum Gasteiger partial charge on any atom is 0.362 e. The molecule has 2 unspecified atom stereocenters. The molecule has 0 aliphatic rings. The van der Waals surface area contributed by atoms with Crippen LogP contribution >= 0.6 is 0 Å². The maximum atomic E-state index is 12.8. The second-order valence-electron chi connectivity index (χ2n) is 20.2. The van der Waals surface area contributed by atoms with Crippen LogP contribution < -0.4 is 0 Å². The average Bonchev–Trinajstić information content (AvgIpc) is 3.30. The third kappa shape index (κ3) is 48.1. The Morgan fingerprint density at radius 3 is 1.24 bits per heavy atom. The molecule has 0 spiro atoms. The van der Waals surface area contributed by atoms with E-state index in [0.717, 1.165) is 70.6 Å². The van der Waals surface area contributed by atoms with Crippen molar-refractivity contribution in [2.45, 2.75) is 264 Å². The van der Waals surface area contributed by atoms with Gasteiger partial charge < -0.3 is 23.8 Å². The summed E-state index contributed by atoms with van der Waals surface area (Å²) in [5, 5.41) is 9.68. The van der Waals surface area contributed by atoms with Crippen molar-refractivity contribution in [1.29, 1.82) is 0 Å². The monoisotopic (exact) mass is 955 g/mol. The smallest absolute Gasteiger partial charge is 0.362 e. The van der Waals surface area contributed by atoms with Gasteiger partial charge in [0.25, 0.3) is 0 Å². The molecule has 0 aromatic carbocycles. The van der Waals surface area contributed by atoms with E-state index in [0.29, 0.717) is 19.3 Å². The van der Waals surface area contributed by atoms with E-state index >= 15 is 0 Å². The molecule has 0 rings (SSSR count). The minimum absolute atomic E-state index is 0.0550. The highest BCUT2D eigenvalue weighted by atomic mass is 16.6. The van der Waals surface area contributed by atoms with Crippen molar-refractivity contribution < 1.29 is 38.2 Å². The molecule has 1 N–H and O–H groups in total. The summed E-state index contributed by atoms with van der Waals surface area (Å²) >= 11 is 0. The summed E-state index contributed by atoms with van der Waals surface area (Å²) in [6.07, 6.45) is 64.2. The number of hydrogen-bond donors (Lipinski definition) is 1. The van der Waals surface area contributed by atoms with Crippen LogP contribution in [0.3, 0.4) is 0 Å². The van der Waals surface area contributed by atoms with E-state index in [-0.39, 0.29) is 36.2 Å². The third-order valence-electron chi connectivity index (χ3n) is 12.7. The molecule has 68 heavy (non-hydrogen) atoms. The molecule has 0 aliphatic heterocycles. The largest absolute Gasteiger partial charge is 0.477 e. The third-order valence-corrected chi connectivity index (χ3v) is 12.7. The van der Waals surface area contributed by atoms with Gasteiger partial charge in [-0.05, 0) is 77.0 Å². The molecule has 0 saturated carbocycles. The van der Waals surface area contributed by atoms with Crippen molar-refractivity contribution in [3.63, 3.8) is 0 Å². The van der Waals surface area contributed by atoms with E-state index in [4.69, 9.17) is 14.2 Å². The summed E-state index contributed by atoms with van der Waals surface area (Å²) in [6, 6.07) is -0.619. The van der Waals surface area contributed by atoms with Gasteiger partial charge in [-0.2, -0.15) is 0 Å². The van der Waals surface area contributed by atoms with Crippen LogP contribution in [0.2, 0.25) is 0 Å². The zero-order valence-corrected chi connectivity index (χ0v) is 45.1. The lowest BCUT2D eigenvalue weighted by Crippen LogP contribution is -2.50. The molecular weight excluding hydrogens is 847 g/mol. The van der Waals surface area contributed by atoms with E-state index in [1.165, 1.54) is 148 Å². The van der Waals surface area contributed by atoms with Crippen molar-refractivity contribution in [3.05, 3.63) is 60.8 Å². The molecule has 0 aromatic heterocycles. The van der Waals surface area contributed by atoms with Crippen LogP contribution in [0, 0.1) is 0 Å². The molecule has 0 radical (unpaired) electrons. The fourth-order valence-electron chi connectivity index (χ4n) is 8.31. The molecule has 2 atom stereocenters. The van der Waals surface area contributed by atoms with Gasteiger partial charge in [0, 0.05) is 19.3 Å². The lowest BCUT2D eigenvalue weighted by atomic mass is 10.0. The number of likely N-dealkylation sites (N-methyl/N-ethyl adjacent to an activating group) is 1. The molecule has 0 amide bonds. The number of hydrogen-bond acceptors (Lipinski definition) is 6. The Morgan fingerprint density at radius 2 is 0.824 bits per heavy atom. The molecule has 0 saturated heterocycles. The quantitative estimate of drug-likeness (QED) is 0.0281. The molecule has 0 bridgehead atoms. The molecule has 0 aromatic rings. The summed E-state index contributed by atoms with van der Waals surface area (Å²) in [4.78, 5) is 37.3. The summed E-state index contributed by atoms with van der Waals surface area (Å²) in [5.41, 5.74) is 0. The number of carbonyl (C=O) groups excluding carboxylic acids is 2. The first-order valence-electron chi connectivity index (χ1n) is 28.3. The van der Waals surface area contributed by atoms with E-state index in [1.54, 1.807) is 0 Å². The standard InChI is InChI=1S/C60H107NO7/c1-6-8-10-12-14-16-18-20-22-24-26-28-29-31-32-34-36-38-40-42-44-46-48-50-58(62)67-55-56(54-66-53-52-57(60(64)65)61(3,4)5)68-59(63)51-49-47-45-43-41-39-37-35-33-30-27-25-23-21-19-17-15-13-11-9-7-2/h9,11,15,17,21,23-24,26-27,30,56-57H,6-8,10,12-14,16,18-20,22,25,28-29,31-55H2,1-5H3/p+1/b11-9-,17-15-,23-21-,26-24-,30-27-. The number of nitrogens with zero attached hydrogens (tertiary/aromatic N) is 1. The van der Waals surface area contributed by atoms with Crippen molar-refractivity contribution in [2.75, 3.05) is 41.0 Å². The van der Waals surface area contributed by atoms with Gasteiger partial charge in [-0.25, -0.2) is 4.79 Å². The molecule has 0 heterocycles. The predicted molar refractivity (Wildman–Crippen MR) is 289 cm³/mol. The maximum absolute atomic E-state index is 12.8. The number of allylic oxidation sites excluding steroid dienone is 10. The van der Waals surface area contributed by atoms with E-state index in [1.807, 2.05) is 21.1 Å². The van der Waals surface area contributed by atoms with Crippen molar-refractivity contribution in [2.24, 2.45) is 0 Å². The highest BCUT2D eigenvalue weighted by Crippen LogP contribution is 2.16. The SMILES string of the molecule is CC/C=C\C/C=C\C/C=C\C/C=C\CCCCCCCCCCC(=O)OC(COCCC(C(=O)O)[N+](C)(C)C)COC(=O)CCCCCCCCCCCCC/C=C\CCCCCCCCCC. The Hall–Kier alpha value is -2.97. The second kappa shape index (κ2) is 50.4. The molecule has 8 nitrogen and oxygen atoms in total. The van der Waals surface area contributed by atoms with Gasteiger partial charge in [0.15, 0.2) is 12.1 Å². The van der Waals surface area contributed by atoms with Gasteiger partial charge in [0.1, 0.15) is 6.61 Å². The zero-order chi connectivity index (χ0) is 49.9. The lowest BCUT2D eigenvalue weighted by molar-refractivity contribution is -0.887. The Morgan fingerprint density at radius 1 is 0.456 bits per heavy atom. The number of aliphatic carboxylic acids is 1. The number of ether oxygens (including phenoxy) is 3. The first-order valence-corrected chi connectivity index (χ1v) is 28.3. The minimum atomic E-state index is -0.875. The Balaban J connectivity index is 4.18. The van der Waals surface area contributed by atoms with E-state index < -0.39 is 18.1 Å². The van der Waals surface area contributed by atoms with Crippen LogP contribution in [-0.2, 0) is 28.6 Å². The summed E-state index contributed by atoms with van der Waals surface area (Å²) < 4.78 is 17.4. The molecule has 0 fully saturated rings. The molecular formula is C60H108NO7+. The van der Waals surface area contributed by atoms with Crippen molar-refractivity contribution >= 4 is 17.9 Å². The van der Waals surface area contributed by atoms with Crippen molar-refractivity contribution in [3.8, 4) is 0 Å². The number of carboxylic acids is 1. The van der Waals surface area contributed by atoms with E-state index in [2.05, 4.69) is 74.6 Å². The number of quaternary nitrogens is 1. The van der Waals surface area contributed by atoms with Gasteiger partial charge in [-0.15, -0.1) is 0 Å². The topological polar surface area (TPSA) is 99.1 Å². The Labute approximate surface area is 419 Å². The zero-order valence-electron chi connectivity index (χ0n) is 45.1. The summed E-state index contributed by atoms with van der Waals surface area (Å²) in [6.45, 7) is 4.65. The van der Waals surface area contributed by atoms with Gasteiger partial charge in [0.2, 0.25) is 0 Å². The molecule has 394 valence electrons. The number of esters is 2. The van der Waals surface area contributed by atoms with Crippen molar-refractivity contribution in [1.82, 2.24) is 0 Å². The van der Waals surface area contributed by atoms with Crippen LogP contribution in [-0.4, -0.2) is 80.6 Å². The molecule has 8 heteroatoms. The second-order valence-corrected chi connectivity index (χ2v) is 20.2. The van der Waals surface area contributed by atoms with Crippen LogP contribution in [0.15, 0.2) is 60.8 Å². The fourth-order valence-corrected chi connectivity index (χ4v) is 8.31. The van der Waals surface area contributed by atoms with Gasteiger partial charge in [-0.3, -0.25) is 9.59 Å². The van der Waals surface area contributed by atoms with Crippen LogP contribution in [0.5, 0.6) is 0 Å². The van der Waals surface area contributed by atoms with Crippen LogP contribution in [0.4, 0.5) is 0 Å². The van der Waals surface area contributed by atoms with Gasteiger partial charge in [-0.1, -0.05) is 216 Å². The fraction of sp³-hybridized carbons (Fsp3) is 0.783. The van der Waals surface area contributed by atoms with Gasteiger partial charge >= 0.3 is 17.9 Å². The van der Waals surface area contributed by atoms with Crippen LogP contribution in [0.1, 0.15) is 251 Å². The Kier molecular flexibility index (Phi) is 48.2. The van der Waals surface area contributed by atoms with E-state index in [9.17, 15) is 19.5 Å². The van der Waals surface area contributed by atoms with Gasteiger partial charge in [0.05, 0.1) is 34.4 Å². The normalized spacial score (nSPS) is 13.2. The Bertz CT molecular complexity index is 1290.